The summed E-state index contributed by atoms with van der Waals surface area (Å²) in [5.41, 5.74) is 4.05. The Labute approximate surface area is 122 Å². The highest BCUT2D eigenvalue weighted by Gasteiger charge is 2.13. The average molecular weight is 316 g/mol. The van der Waals surface area contributed by atoms with Gasteiger partial charge in [0, 0.05) is 5.56 Å². The molecule has 0 saturated carbocycles. The third-order valence-corrected chi connectivity index (χ3v) is 4.30. The molecule has 18 heavy (non-hydrogen) atoms. The summed E-state index contributed by atoms with van der Waals surface area (Å²) < 4.78 is 5.67. The third-order valence-electron chi connectivity index (χ3n) is 1.93. The minimum Gasteiger partial charge on any atom is -0.542 e. The molecule has 1 radical (unpaired) electrons. The van der Waals surface area contributed by atoms with Crippen LogP contribution in [0.2, 0.25) is 42.8 Å². The van der Waals surface area contributed by atoms with Crippen LogP contribution in [-0.4, -0.2) is 17.1 Å². The lowest BCUT2D eigenvalue weighted by molar-refractivity contribution is 0.581. The van der Waals surface area contributed by atoms with Crippen LogP contribution in [0.4, 0.5) is 0 Å². The average Bonchev–Trinajstić information content (AvgIpc) is 2.22. The lowest BCUT2D eigenvalue weighted by Gasteiger charge is -2.12. The van der Waals surface area contributed by atoms with Gasteiger partial charge in [-0.3, -0.25) is 0 Å². The van der Waals surface area contributed by atoms with Gasteiger partial charge in [0.25, 0.3) is 9.04 Å². The van der Waals surface area contributed by atoms with Gasteiger partial charge >= 0.3 is 0 Å². The fourth-order valence-corrected chi connectivity index (χ4v) is 2.77. The van der Waals surface area contributed by atoms with Crippen molar-refractivity contribution < 1.29 is 4.43 Å². The first kappa shape index (κ1) is 15.7. The maximum Gasteiger partial charge on any atom is 0.274 e. The van der Waals surface area contributed by atoms with Crippen LogP contribution in [0.3, 0.4) is 0 Å². The Balaban J connectivity index is 3.11. The normalized spacial score (nSPS) is 11.1. The fourth-order valence-electron chi connectivity index (χ4n) is 1.18. The van der Waals surface area contributed by atoms with Crippen LogP contribution in [-0.2, 0) is 0 Å². The first-order valence-electron chi connectivity index (χ1n) is 5.70. The van der Waals surface area contributed by atoms with E-state index in [9.17, 15) is 0 Å². The smallest absolute Gasteiger partial charge is 0.274 e. The maximum atomic E-state index is 6.22. The molecule has 97 valence electrons. The molecule has 0 heterocycles. The quantitative estimate of drug-likeness (QED) is 0.560. The predicted octanol–water partition coefficient (Wildman–Crippen LogP) is 4.85. The molecule has 0 saturated heterocycles. The van der Waals surface area contributed by atoms with Crippen molar-refractivity contribution in [2.24, 2.45) is 0 Å². The second-order valence-corrected chi connectivity index (χ2v) is 12.8. The zero-order valence-electron chi connectivity index (χ0n) is 11.3. The van der Waals surface area contributed by atoms with Gasteiger partial charge in [0.05, 0.1) is 5.02 Å². The lowest BCUT2D eigenvalue weighted by atomic mass is 10.2. The molecule has 0 bridgehead atoms. The van der Waals surface area contributed by atoms with Crippen molar-refractivity contribution in [2.45, 2.75) is 32.7 Å². The minimum atomic E-state index is -1.41. The summed E-state index contributed by atoms with van der Waals surface area (Å²) in [6.07, 6.45) is 0. The summed E-state index contributed by atoms with van der Waals surface area (Å²) in [4.78, 5) is 0. The van der Waals surface area contributed by atoms with Crippen molar-refractivity contribution in [3.8, 4) is 17.2 Å². The summed E-state index contributed by atoms with van der Waals surface area (Å²) in [6.45, 7) is 10.7. The molecular formula is C13H17Cl2OSi2. The molecular weight excluding hydrogens is 299 g/mol. The van der Waals surface area contributed by atoms with Crippen LogP contribution in [0.5, 0.6) is 5.75 Å². The summed E-state index contributed by atoms with van der Waals surface area (Å²) in [7, 11) is -2.25. The van der Waals surface area contributed by atoms with E-state index in [1.807, 2.05) is 25.2 Å². The van der Waals surface area contributed by atoms with Crippen LogP contribution in [0, 0.1) is 11.5 Å². The van der Waals surface area contributed by atoms with Crippen molar-refractivity contribution in [1.29, 1.82) is 0 Å². The van der Waals surface area contributed by atoms with E-state index in [-0.39, 0.29) is 0 Å². The van der Waals surface area contributed by atoms with Crippen LogP contribution < -0.4 is 4.43 Å². The van der Waals surface area contributed by atoms with E-state index in [0.29, 0.717) is 15.8 Å². The molecule has 1 aromatic rings. The van der Waals surface area contributed by atoms with E-state index in [4.69, 9.17) is 27.6 Å². The molecule has 1 aromatic carbocycles. The highest BCUT2D eigenvalue weighted by atomic mass is 35.5. The van der Waals surface area contributed by atoms with Crippen molar-refractivity contribution in [3.05, 3.63) is 27.7 Å². The van der Waals surface area contributed by atoms with Gasteiger partial charge in [0.1, 0.15) is 18.8 Å². The Morgan fingerprint density at radius 1 is 1.11 bits per heavy atom. The Morgan fingerprint density at radius 2 is 1.72 bits per heavy atom. The van der Waals surface area contributed by atoms with Gasteiger partial charge in [-0.05, 0) is 25.2 Å². The molecule has 0 unspecified atom stereocenters. The van der Waals surface area contributed by atoms with Crippen LogP contribution >= 0.6 is 23.2 Å². The summed E-state index contributed by atoms with van der Waals surface area (Å²) >= 11 is 12.4. The second kappa shape index (κ2) is 6.16. The predicted molar refractivity (Wildman–Crippen MR) is 84.8 cm³/mol. The maximum absolute atomic E-state index is 6.22. The zero-order chi connectivity index (χ0) is 13.9. The molecule has 0 amide bonds. The molecule has 0 aliphatic rings. The monoisotopic (exact) mass is 315 g/mol. The van der Waals surface area contributed by atoms with Gasteiger partial charge in [-0.15, -0.1) is 5.54 Å². The molecule has 0 aromatic heterocycles. The highest BCUT2D eigenvalue weighted by Crippen LogP contribution is 2.34. The molecule has 0 aliphatic carbocycles. The molecule has 0 atom stereocenters. The number of halogens is 2. The van der Waals surface area contributed by atoms with Gasteiger partial charge in [0.15, 0.2) is 0 Å². The van der Waals surface area contributed by atoms with E-state index in [0.717, 1.165) is 5.56 Å². The number of benzene rings is 1. The summed E-state index contributed by atoms with van der Waals surface area (Å²) in [5, 5.41) is 0.952. The molecule has 0 N–H and O–H groups in total. The van der Waals surface area contributed by atoms with E-state index < -0.39 is 17.1 Å². The summed E-state index contributed by atoms with van der Waals surface area (Å²) in [5.74, 6) is 3.77. The molecule has 0 fully saturated rings. The Morgan fingerprint density at radius 3 is 2.22 bits per heavy atom. The first-order chi connectivity index (χ1) is 8.20. The SMILES string of the molecule is C[Si](C)Oc1ccc(C#C[Si](C)(C)C)c(Cl)c1Cl. The molecule has 1 nitrogen and oxygen atoms in total. The van der Waals surface area contributed by atoms with E-state index in [2.05, 4.69) is 31.1 Å². The Hall–Kier alpha value is -0.406. The first-order valence-corrected chi connectivity index (χ1v) is 12.4. The molecule has 1 rings (SSSR count). The third kappa shape index (κ3) is 4.70. The van der Waals surface area contributed by atoms with E-state index in [1.165, 1.54) is 0 Å². The van der Waals surface area contributed by atoms with Gasteiger partial charge in [-0.2, -0.15) is 0 Å². The number of hydrogen-bond acceptors (Lipinski definition) is 1. The molecule has 0 spiro atoms. The Kier molecular flexibility index (Phi) is 5.36. The zero-order valence-corrected chi connectivity index (χ0v) is 14.8. The topological polar surface area (TPSA) is 9.23 Å². The van der Waals surface area contributed by atoms with Crippen LogP contribution in [0.25, 0.3) is 0 Å². The minimum absolute atomic E-state index is 0.463. The van der Waals surface area contributed by atoms with Crippen LogP contribution in [0.1, 0.15) is 5.56 Å². The molecule has 5 heteroatoms. The highest BCUT2D eigenvalue weighted by molar-refractivity contribution is 6.83. The largest absolute Gasteiger partial charge is 0.542 e. The summed E-state index contributed by atoms with van der Waals surface area (Å²) in [6, 6.07) is 3.72. The van der Waals surface area contributed by atoms with Crippen molar-refractivity contribution in [1.82, 2.24) is 0 Å². The van der Waals surface area contributed by atoms with Gasteiger partial charge < -0.3 is 4.43 Å². The van der Waals surface area contributed by atoms with Crippen molar-refractivity contribution >= 4 is 40.3 Å². The second-order valence-electron chi connectivity index (χ2n) is 5.25. The lowest BCUT2D eigenvalue weighted by Crippen LogP contribution is -2.16. The number of rotatable bonds is 2. The Bertz CT molecular complexity index is 496. The van der Waals surface area contributed by atoms with Crippen molar-refractivity contribution in [2.75, 3.05) is 0 Å². The van der Waals surface area contributed by atoms with Gasteiger partial charge in [-0.25, -0.2) is 0 Å². The molecule has 0 aliphatic heterocycles. The van der Waals surface area contributed by atoms with Gasteiger partial charge in [-0.1, -0.05) is 48.8 Å². The fraction of sp³-hybridized carbons (Fsp3) is 0.385. The van der Waals surface area contributed by atoms with Crippen molar-refractivity contribution in [3.63, 3.8) is 0 Å². The van der Waals surface area contributed by atoms with E-state index >= 15 is 0 Å². The van der Waals surface area contributed by atoms with Crippen LogP contribution in [0.15, 0.2) is 12.1 Å². The standard InChI is InChI=1S/C13H17Cl2OSi2/c1-17(2)16-11-7-6-10(12(14)13(11)15)8-9-18(3,4)5/h6-7H,1-5H3. The van der Waals surface area contributed by atoms with E-state index in [1.54, 1.807) is 0 Å². The van der Waals surface area contributed by atoms with Gasteiger partial charge in [0.2, 0.25) is 0 Å². The number of hydrogen-bond donors (Lipinski definition) is 0.